The van der Waals surface area contributed by atoms with Crippen molar-refractivity contribution in [3.8, 4) is 0 Å². The summed E-state index contributed by atoms with van der Waals surface area (Å²) in [6.45, 7) is 6.04. The van der Waals surface area contributed by atoms with E-state index in [4.69, 9.17) is 11.1 Å². The summed E-state index contributed by atoms with van der Waals surface area (Å²) in [7, 11) is 0. The maximum absolute atomic E-state index is 12.9. The van der Waals surface area contributed by atoms with Crippen LogP contribution in [-0.4, -0.2) is 34.2 Å². The van der Waals surface area contributed by atoms with Crippen molar-refractivity contribution in [2.24, 2.45) is 11.7 Å². The maximum atomic E-state index is 12.9. The Kier molecular flexibility index (Phi) is 9.15. The van der Waals surface area contributed by atoms with Gasteiger partial charge in [-0.2, -0.15) is 0 Å². The molecule has 3 N–H and O–H groups in total. The number of hydrogen-bond acceptors (Lipinski definition) is 3. The van der Waals surface area contributed by atoms with Gasteiger partial charge in [0, 0.05) is 60.1 Å². The number of benzene rings is 3. The summed E-state index contributed by atoms with van der Waals surface area (Å²) in [6.07, 6.45) is 5.16. The Bertz CT molecular complexity index is 1350. The molecule has 1 saturated heterocycles. The average Bonchev–Trinajstić information content (AvgIpc) is 3.48. The first-order valence-electron chi connectivity index (χ1n) is 13.4. The Hall–Kier alpha value is -4.12. The maximum Gasteiger partial charge on any atom is 0.223 e. The van der Waals surface area contributed by atoms with Gasteiger partial charge < -0.3 is 20.6 Å². The number of carbonyl (C=O) groups is 1. The Balaban J connectivity index is 0.000000494. The number of nitrogens with two attached hydrogens (primary N) is 1. The van der Waals surface area contributed by atoms with E-state index >= 15 is 0 Å². The molecule has 1 amide bonds. The molecule has 5 heteroatoms. The molecule has 38 heavy (non-hydrogen) atoms. The third-order valence-electron chi connectivity index (χ3n) is 7.34. The van der Waals surface area contributed by atoms with Gasteiger partial charge in [0.25, 0.3) is 0 Å². The monoisotopic (exact) mass is 506 g/mol. The zero-order chi connectivity index (χ0) is 26.9. The van der Waals surface area contributed by atoms with Crippen LogP contribution in [0.3, 0.4) is 0 Å². The van der Waals surface area contributed by atoms with Crippen molar-refractivity contribution in [3.05, 3.63) is 114 Å². The lowest BCUT2D eigenvalue weighted by Crippen LogP contribution is -2.34. The van der Waals surface area contributed by atoms with Gasteiger partial charge in [0.1, 0.15) is 0 Å². The van der Waals surface area contributed by atoms with Gasteiger partial charge >= 0.3 is 0 Å². The summed E-state index contributed by atoms with van der Waals surface area (Å²) in [4.78, 5) is 15.0. The van der Waals surface area contributed by atoms with Gasteiger partial charge in [0.2, 0.25) is 5.91 Å². The third-order valence-corrected chi connectivity index (χ3v) is 7.34. The van der Waals surface area contributed by atoms with E-state index in [2.05, 4.69) is 53.6 Å². The van der Waals surface area contributed by atoms with E-state index in [1.165, 1.54) is 29.2 Å². The van der Waals surface area contributed by atoms with Crippen molar-refractivity contribution in [1.82, 2.24) is 9.47 Å². The smallest absolute Gasteiger partial charge is 0.223 e. The molecule has 0 bridgehead atoms. The minimum atomic E-state index is 0.260. The topological polar surface area (TPSA) is 75.1 Å². The molecule has 0 radical (unpaired) electrons. The second-order valence-electron chi connectivity index (χ2n) is 10.1. The zero-order valence-corrected chi connectivity index (χ0v) is 22.4. The van der Waals surface area contributed by atoms with Crippen molar-refractivity contribution in [2.75, 3.05) is 6.54 Å². The molecule has 0 spiro atoms. The lowest BCUT2D eigenvalue weighted by Gasteiger charge is -2.21. The number of likely N-dealkylation sites (tertiary alicyclic amines) is 1. The minimum Gasteiger partial charge on any atom is -0.404 e. The minimum absolute atomic E-state index is 0.260. The first-order valence-corrected chi connectivity index (χ1v) is 13.4. The van der Waals surface area contributed by atoms with Crippen LogP contribution < -0.4 is 5.73 Å². The van der Waals surface area contributed by atoms with E-state index in [0.29, 0.717) is 17.9 Å². The first-order chi connectivity index (χ1) is 18.5. The fraction of sp³-hybridized carbons (Fsp3) is 0.273. The molecule has 1 aromatic heterocycles. The second kappa shape index (κ2) is 12.9. The quantitative estimate of drug-likeness (QED) is 0.283. The number of allylic oxidation sites excluding steroid dienone is 1. The summed E-state index contributed by atoms with van der Waals surface area (Å²) in [5.74, 6) is 0.705. The normalized spacial score (nSPS) is 17.2. The molecule has 1 aliphatic heterocycles. The highest BCUT2D eigenvalue weighted by Gasteiger charge is 2.32. The third kappa shape index (κ3) is 6.60. The van der Waals surface area contributed by atoms with E-state index in [0.717, 1.165) is 36.9 Å². The van der Waals surface area contributed by atoms with Crippen molar-refractivity contribution in [3.63, 3.8) is 0 Å². The fourth-order valence-corrected chi connectivity index (χ4v) is 5.36. The molecule has 1 aliphatic rings. The average molecular weight is 507 g/mol. The molecule has 5 nitrogen and oxygen atoms in total. The molecular weight excluding hydrogens is 468 g/mol. The van der Waals surface area contributed by atoms with Crippen LogP contribution in [0.1, 0.15) is 36.6 Å². The van der Waals surface area contributed by atoms with Gasteiger partial charge in [-0.3, -0.25) is 4.79 Å². The molecule has 0 saturated carbocycles. The van der Waals surface area contributed by atoms with Crippen molar-refractivity contribution >= 4 is 28.6 Å². The van der Waals surface area contributed by atoms with E-state index in [1.54, 1.807) is 0 Å². The predicted molar refractivity (Wildman–Crippen MR) is 158 cm³/mol. The number of nitrogens with one attached hydrogen (secondary N) is 1. The molecule has 1 fully saturated rings. The number of aryl methyl sites for hydroxylation is 2. The highest BCUT2D eigenvalue weighted by Crippen LogP contribution is 2.29. The van der Waals surface area contributed by atoms with E-state index in [9.17, 15) is 4.79 Å². The van der Waals surface area contributed by atoms with Crippen LogP contribution in [0.5, 0.6) is 0 Å². The number of amides is 1. The molecule has 2 atom stereocenters. The number of carbonyl (C=O) groups excluding carboxylic acids is 1. The van der Waals surface area contributed by atoms with Crippen molar-refractivity contribution in [1.29, 1.82) is 5.41 Å². The zero-order valence-electron chi connectivity index (χ0n) is 22.4. The Morgan fingerprint density at radius 1 is 1.00 bits per heavy atom. The number of rotatable bonds is 7. The number of aromatic nitrogens is 1. The van der Waals surface area contributed by atoms with E-state index in [1.807, 2.05) is 60.7 Å². The SMILES string of the molecule is Cc1cc2cc(/C(C=N)=C/N)ccc2n1CC1CC(C)N(C(=O)CCc2ccccc2)C1.c1ccccc1. The summed E-state index contributed by atoms with van der Waals surface area (Å²) >= 11 is 0. The van der Waals surface area contributed by atoms with E-state index < -0.39 is 0 Å². The number of nitrogens with zero attached hydrogens (tertiary/aromatic N) is 2. The molecular formula is C33H38N4O. The molecule has 2 heterocycles. The van der Waals surface area contributed by atoms with E-state index in [-0.39, 0.29) is 11.9 Å². The summed E-state index contributed by atoms with van der Waals surface area (Å²) in [6, 6.07) is 30.9. The van der Waals surface area contributed by atoms with Gasteiger partial charge in [0.05, 0.1) is 0 Å². The second-order valence-corrected chi connectivity index (χ2v) is 10.1. The standard InChI is InChI=1S/C27H32N4O.C6H6/c1-19-12-22(18-31(19)27(32)11-8-21-6-4-3-5-7-21)17-30-20(2)13-24-14-23(9-10-26(24)30)25(15-28)16-29;1-2-4-6-5-3-1/h3-7,9-10,13-16,19,22,28H,8,11-12,17-18,29H2,1-2H3;1-6H/b25-16+,28-15?;. The first kappa shape index (κ1) is 26.9. The Labute approximate surface area is 226 Å². The molecule has 0 aliphatic carbocycles. The largest absolute Gasteiger partial charge is 0.404 e. The molecule has 3 aromatic carbocycles. The summed E-state index contributed by atoms with van der Waals surface area (Å²) in [5.41, 5.74) is 10.9. The lowest BCUT2D eigenvalue weighted by atomic mass is 10.1. The highest BCUT2D eigenvalue weighted by molar-refractivity contribution is 6.09. The summed E-state index contributed by atoms with van der Waals surface area (Å²) in [5, 5.41) is 8.70. The lowest BCUT2D eigenvalue weighted by molar-refractivity contribution is -0.131. The molecule has 2 unspecified atom stereocenters. The summed E-state index contributed by atoms with van der Waals surface area (Å²) < 4.78 is 2.37. The van der Waals surface area contributed by atoms with Crippen LogP contribution in [-0.2, 0) is 17.8 Å². The number of fused-ring (bicyclic) bond motifs is 1. The Morgan fingerprint density at radius 3 is 2.29 bits per heavy atom. The van der Waals surface area contributed by atoms with Crippen LogP contribution >= 0.6 is 0 Å². The fourth-order valence-electron chi connectivity index (χ4n) is 5.36. The number of hydrogen-bond donors (Lipinski definition) is 2. The molecule has 5 rings (SSSR count). The molecule has 196 valence electrons. The van der Waals surface area contributed by atoms with Crippen molar-refractivity contribution in [2.45, 2.75) is 45.7 Å². The van der Waals surface area contributed by atoms with Crippen LogP contribution in [0.15, 0.2) is 97.2 Å². The van der Waals surface area contributed by atoms with Crippen LogP contribution in [0, 0.1) is 18.3 Å². The van der Waals surface area contributed by atoms with Gasteiger partial charge in [0.15, 0.2) is 0 Å². The molecule has 4 aromatic rings. The highest BCUT2D eigenvalue weighted by atomic mass is 16.2. The van der Waals surface area contributed by atoms with Crippen molar-refractivity contribution < 1.29 is 4.79 Å². The van der Waals surface area contributed by atoms with Gasteiger partial charge in [-0.1, -0.05) is 72.8 Å². The van der Waals surface area contributed by atoms with Gasteiger partial charge in [-0.25, -0.2) is 0 Å². The van der Waals surface area contributed by atoms with Gasteiger partial charge in [-0.15, -0.1) is 0 Å². The van der Waals surface area contributed by atoms with Crippen LogP contribution in [0.4, 0.5) is 0 Å². The van der Waals surface area contributed by atoms with Crippen LogP contribution in [0.25, 0.3) is 16.5 Å². The predicted octanol–water partition coefficient (Wildman–Crippen LogP) is 6.46. The Morgan fingerprint density at radius 2 is 1.66 bits per heavy atom. The van der Waals surface area contributed by atoms with Crippen LogP contribution in [0.2, 0.25) is 0 Å². The van der Waals surface area contributed by atoms with Gasteiger partial charge in [-0.05, 0) is 61.9 Å².